The molecule has 1 fully saturated rings. The third kappa shape index (κ3) is 4.17. The molecule has 78 valence electrons. The fourth-order valence-electron chi connectivity index (χ4n) is 1.26. The molecule has 0 amide bonds. The second-order valence-electron chi connectivity index (χ2n) is 2.92. The zero-order valence-electron chi connectivity index (χ0n) is 7.00. The molecule has 0 aliphatic carbocycles. The lowest BCUT2D eigenvalue weighted by Crippen LogP contribution is -2.32. The van der Waals surface area contributed by atoms with Gasteiger partial charge in [-0.05, 0) is 6.42 Å². The summed E-state index contributed by atoms with van der Waals surface area (Å²) in [6, 6.07) is 0. The van der Waals surface area contributed by atoms with Crippen molar-refractivity contribution in [3.05, 3.63) is 0 Å². The maximum Gasteiger partial charge on any atom is 0.469 e. The Hall–Kier alpha value is 0.0300. The number of rotatable bonds is 3. The molecule has 0 radical (unpaired) electrons. The minimum Gasteiger partial charge on any atom is -0.394 e. The molecule has 3 N–H and O–H groups in total. The first-order valence-electron chi connectivity index (χ1n) is 3.97. The lowest BCUT2D eigenvalue weighted by atomic mass is 10.1. The Bertz CT molecular complexity index is 201. The predicted molar refractivity (Wildman–Crippen MR) is 43.0 cm³/mol. The molecule has 2 atom stereocenters. The molecule has 13 heavy (non-hydrogen) atoms. The Morgan fingerprint density at radius 1 is 1.54 bits per heavy atom. The highest BCUT2D eigenvalue weighted by Crippen LogP contribution is 2.40. The minimum atomic E-state index is -4.41. The number of aliphatic hydroxyl groups excluding tert-OH is 1. The molecule has 7 heteroatoms. The van der Waals surface area contributed by atoms with Crippen LogP contribution in [0.5, 0.6) is 0 Å². The van der Waals surface area contributed by atoms with E-state index in [-0.39, 0.29) is 12.7 Å². The van der Waals surface area contributed by atoms with Crippen molar-refractivity contribution in [1.29, 1.82) is 0 Å². The second kappa shape index (κ2) is 4.50. The van der Waals surface area contributed by atoms with Gasteiger partial charge in [-0.3, -0.25) is 4.52 Å². The standard InChI is InChI=1S/C6H13O6P/c7-4-6-3-5(1-2-11-6)12-13(8,9)10/h5-7H,1-4H2,(H2,8,9,10). The van der Waals surface area contributed by atoms with Crippen molar-refractivity contribution in [2.75, 3.05) is 13.2 Å². The first-order valence-corrected chi connectivity index (χ1v) is 5.50. The summed E-state index contributed by atoms with van der Waals surface area (Å²) in [5, 5.41) is 8.73. The number of ether oxygens (including phenoxy) is 1. The van der Waals surface area contributed by atoms with Crippen molar-refractivity contribution in [3.8, 4) is 0 Å². The lowest BCUT2D eigenvalue weighted by molar-refractivity contribution is -0.0624. The van der Waals surface area contributed by atoms with Gasteiger partial charge in [-0.1, -0.05) is 0 Å². The molecule has 0 aromatic rings. The highest BCUT2D eigenvalue weighted by Gasteiger charge is 2.28. The van der Waals surface area contributed by atoms with Crippen LogP contribution in [0.2, 0.25) is 0 Å². The Morgan fingerprint density at radius 3 is 2.77 bits per heavy atom. The van der Waals surface area contributed by atoms with Crippen molar-refractivity contribution < 1.29 is 28.7 Å². The van der Waals surface area contributed by atoms with Crippen LogP contribution < -0.4 is 0 Å². The summed E-state index contributed by atoms with van der Waals surface area (Å²) < 4.78 is 20.0. The van der Waals surface area contributed by atoms with Crippen LogP contribution in [0, 0.1) is 0 Å². The molecule has 0 saturated carbocycles. The fraction of sp³-hybridized carbons (Fsp3) is 1.00. The van der Waals surface area contributed by atoms with E-state index in [1.54, 1.807) is 0 Å². The summed E-state index contributed by atoms with van der Waals surface area (Å²) in [6.45, 7) is 0.205. The average Bonchev–Trinajstić information content (AvgIpc) is 2.01. The van der Waals surface area contributed by atoms with Crippen LogP contribution in [0.25, 0.3) is 0 Å². The fourth-order valence-corrected chi connectivity index (χ4v) is 1.84. The van der Waals surface area contributed by atoms with Crippen LogP contribution >= 0.6 is 7.82 Å². The van der Waals surface area contributed by atoms with E-state index in [2.05, 4.69) is 4.52 Å². The van der Waals surface area contributed by atoms with Gasteiger partial charge in [0.1, 0.15) is 0 Å². The number of hydrogen-bond acceptors (Lipinski definition) is 4. The number of phosphoric ester groups is 1. The van der Waals surface area contributed by atoms with Gasteiger partial charge in [-0.2, -0.15) is 0 Å². The Morgan fingerprint density at radius 2 is 2.23 bits per heavy atom. The van der Waals surface area contributed by atoms with Crippen LogP contribution in [-0.4, -0.2) is 40.3 Å². The van der Waals surface area contributed by atoms with Gasteiger partial charge in [0.25, 0.3) is 0 Å². The normalized spacial score (nSPS) is 30.4. The van der Waals surface area contributed by atoms with Gasteiger partial charge >= 0.3 is 7.82 Å². The molecule has 1 aliphatic rings. The van der Waals surface area contributed by atoms with E-state index in [4.69, 9.17) is 19.6 Å². The van der Waals surface area contributed by atoms with E-state index in [1.165, 1.54) is 0 Å². The van der Waals surface area contributed by atoms with Crippen LogP contribution in [-0.2, 0) is 13.8 Å². The van der Waals surface area contributed by atoms with Crippen LogP contribution in [0.4, 0.5) is 0 Å². The average molecular weight is 212 g/mol. The quantitative estimate of drug-likeness (QED) is 0.552. The first-order chi connectivity index (χ1) is 6.01. The van der Waals surface area contributed by atoms with Crippen LogP contribution in [0.15, 0.2) is 0 Å². The third-order valence-corrected chi connectivity index (χ3v) is 2.38. The van der Waals surface area contributed by atoms with Crippen molar-refractivity contribution in [1.82, 2.24) is 0 Å². The molecule has 1 rings (SSSR count). The summed E-state index contributed by atoms with van der Waals surface area (Å²) >= 11 is 0. The molecular formula is C6H13O6P. The van der Waals surface area contributed by atoms with Crippen molar-refractivity contribution in [3.63, 3.8) is 0 Å². The monoisotopic (exact) mass is 212 g/mol. The molecule has 0 aromatic heterocycles. The molecule has 0 spiro atoms. The van der Waals surface area contributed by atoms with Gasteiger partial charge < -0.3 is 19.6 Å². The van der Waals surface area contributed by atoms with Gasteiger partial charge in [-0.15, -0.1) is 0 Å². The van der Waals surface area contributed by atoms with Gasteiger partial charge in [0.05, 0.1) is 18.8 Å². The SMILES string of the molecule is O=P(O)(O)OC1CCOC(CO)C1. The molecule has 0 bridgehead atoms. The smallest absolute Gasteiger partial charge is 0.394 e. The number of hydrogen-bond donors (Lipinski definition) is 3. The van der Waals surface area contributed by atoms with Gasteiger partial charge in [0.15, 0.2) is 0 Å². The molecule has 1 aliphatic heterocycles. The molecule has 0 aromatic carbocycles. The van der Waals surface area contributed by atoms with Gasteiger partial charge in [-0.25, -0.2) is 4.57 Å². The minimum absolute atomic E-state index is 0.152. The summed E-state index contributed by atoms with van der Waals surface area (Å²) in [4.78, 5) is 17.0. The number of phosphoric acid groups is 1. The predicted octanol–water partition coefficient (Wildman–Crippen LogP) is -0.364. The molecule has 6 nitrogen and oxygen atoms in total. The summed E-state index contributed by atoms with van der Waals surface area (Å²) in [5.74, 6) is 0. The van der Waals surface area contributed by atoms with Crippen LogP contribution in [0.3, 0.4) is 0 Å². The molecule has 1 heterocycles. The highest BCUT2D eigenvalue weighted by molar-refractivity contribution is 7.46. The Kier molecular flexibility index (Phi) is 3.85. The zero-order valence-corrected chi connectivity index (χ0v) is 7.89. The Labute approximate surface area is 75.7 Å². The van der Waals surface area contributed by atoms with E-state index >= 15 is 0 Å². The van der Waals surface area contributed by atoms with E-state index in [0.29, 0.717) is 19.4 Å². The van der Waals surface area contributed by atoms with E-state index in [1.807, 2.05) is 0 Å². The third-order valence-electron chi connectivity index (χ3n) is 1.81. The van der Waals surface area contributed by atoms with E-state index < -0.39 is 13.9 Å². The van der Waals surface area contributed by atoms with Gasteiger partial charge in [0.2, 0.25) is 0 Å². The summed E-state index contributed by atoms with van der Waals surface area (Å²) in [6.07, 6.45) is -0.125. The topological polar surface area (TPSA) is 96.2 Å². The van der Waals surface area contributed by atoms with Crippen molar-refractivity contribution >= 4 is 7.82 Å². The van der Waals surface area contributed by atoms with Crippen LogP contribution in [0.1, 0.15) is 12.8 Å². The molecular weight excluding hydrogens is 199 g/mol. The van der Waals surface area contributed by atoms with E-state index in [0.717, 1.165) is 0 Å². The summed E-state index contributed by atoms with van der Waals surface area (Å²) in [7, 11) is -4.41. The molecule has 2 unspecified atom stereocenters. The highest BCUT2D eigenvalue weighted by atomic mass is 31.2. The maximum atomic E-state index is 10.5. The Balaban J connectivity index is 2.38. The number of aliphatic hydroxyl groups is 1. The maximum absolute atomic E-state index is 10.5. The first kappa shape index (κ1) is 11.1. The molecule has 1 saturated heterocycles. The van der Waals surface area contributed by atoms with Gasteiger partial charge in [0, 0.05) is 13.0 Å². The largest absolute Gasteiger partial charge is 0.469 e. The van der Waals surface area contributed by atoms with Crippen molar-refractivity contribution in [2.45, 2.75) is 25.0 Å². The summed E-state index contributed by atoms with van der Waals surface area (Å²) in [5.41, 5.74) is 0. The van der Waals surface area contributed by atoms with E-state index in [9.17, 15) is 4.57 Å². The lowest BCUT2D eigenvalue weighted by Gasteiger charge is -2.28. The zero-order chi connectivity index (χ0) is 9.90. The van der Waals surface area contributed by atoms with Crippen molar-refractivity contribution in [2.24, 2.45) is 0 Å². The second-order valence-corrected chi connectivity index (χ2v) is 4.11.